The Morgan fingerprint density at radius 3 is 2.83 bits per heavy atom. The van der Waals surface area contributed by atoms with Crippen LogP contribution in [0.4, 0.5) is 4.79 Å². The minimum atomic E-state index is -0.842. The highest BCUT2D eigenvalue weighted by Gasteiger charge is 2.15. The highest BCUT2D eigenvalue weighted by molar-refractivity contribution is 5.73. The summed E-state index contributed by atoms with van der Waals surface area (Å²) in [6.07, 6.45) is 2.07. The van der Waals surface area contributed by atoms with E-state index in [1.54, 1.807) is 6.92 Å². The zero-order valence-corrected chi connectivity index (χ0v) is 10.8. The fourth-order valence-corrected chi connectivity index (χ4v) is 1.90. The van der Waals surface area contributed by atoms with Crippen LogP contribution < -0.4 is 10.6 Å². The fourth-order valence-electron chi connectivity index (χ4n) is 1.90. The number of nitrogens with one attached hydrogen (secondary N) is 2. The van der Waals surface area contributed by atoms with Gasteiger partial charge in [-0.25, -0.2) is 4.79 Å². The van der Waals surface area contributed by atoms with Gasteiger partial charge in [0.25, 0.3) is 0 Å². The molecule has 0 bridgehead atoms. The quantitative estimate of drug-likeness (QED) is 0.631. The lowest BCUT2D eigenvalue weighted by atomic mass is 10.1. The molecule has 0 radical (unpaired) electrons. The molecule has 6 nitrogen and oxygen atoms in total. The molecule has 1 rings (SSSR count). The van der Waals surface area contributed by atoms with Gasteiger partial charge in [-0.3, -0.25) is 4.79 Å². The first-order valence-corrected chi connectivity index (χ1v) is 6.39. The summed E-state index contributed by atoms with van der Waals surface area (Å²) in [4.78, 5) is 21.8. The molecule has 1 aliphatic rings. The maximum Gasteiger partial charge on any atom is 0.314 e. The molecule has 2 amide bonds. The molecule has 0 aromatic carbocycles. The largest absolute Gasteiger partial charge is 0.481 e. The minimum absolute atomic E-state index is 0.0588. The van der Waals surface area contributed by atoms with Gasteiger partial charge >= 0.3 is 12.0 Å². The summed E-state index contributed by atoms with van der Waals surface area (Å²) < 4.78 is 5.25. The normalized spacial score (nSPS) is 20.4. The summed E-state index contributed by atoms with van der Waals surface area (Å²) >= 11 is 0. The molecule has 1 heterocycles. The van der Waals surface area contributed by atoms with E-state index >= 15 is 0 Å². The SMILES string of the molecule is CC(CNC(=O)NCCC1CCOC1)CC(=O)O. The number of amides is 2. The average Bonchev–Trinajstić information content (AvgIpc) is 2.78. The van der Waals surface area contributed by atoms with Crippen LogP contribution in [-0.4, -0.2) is 43.4 Å². The molecule has 104 valence electrons. The van der Waals surface area contributed by atoms with Crippen molar-refractivity contribution in [2.24, 2.45) is 11.8 Å². The second-order valence-electron chi connectivity index (χ2n) is 4.86. The molecule has 0 aromatic heterocycles. The monoisotopic (exact) mass is 258 g/mol. The predicted octanol–water partition coefficient (Wildman–Crippen LogP) is 0.823. The van der Waals surface area contributed by atoms with Crippen molar-refractivity contribution < 1.29 is 19.4 Å². The zero-order chi connectivity index (χ0) is 13.4. The van der Waals surface area contributed by atoms with Gasteiger partial charge in [0.1, 0.15) is 0 Å². The minimum Gasteiger partial charge on any atom is -0.481 e. The molecule has 2 atom stereocenters. The molecule has 1 saturated heterocycles. The Bertz CT molecular complexity index is 277. The number of ether oxygens (including phenoxy) is 1. The van der Waals surface area contributed by atoms with Gasteiger partial charge in [-0.05, 0) is 24.7 Å². The molecule has 6 heteroatoms. The number of carbonyl (C=O) groups is 2. The molecule has 3 N–H and O–H groups in total. The molecule has 1 aliphatic heterocycles. The van der Waals surface area contributed by atoms with Crippen molar-refractivity contribution in [3.8, 4) is 0 Å². The third kappa shape index (κ3) is 6.44. The van der Waals surface area contributed by atoms with Crippen molar-refractivity contribution in [2.75, 3.05) is 26.3 Å². The molecule has 0 spiro atoms. The Hall–Kier alpha value is -1.30. The Morgan fingerprint density at radius 2 is 2.22 bits per heavy atom. The van der Waals surface area contributed by atoms with E-state index in [1.165, 1.54) is 0 Å². The van der Waals surface area contributed by atoms with Crippen LogP contribution in [-0.2, 0) is 9.53 Å². The van der Waals surface area contributed by atoms with Gasteiger partial charge in [-0.15, -0.1) is 0 Å². The van der Waals surface area contributed by atoms with Crippen LogP contribution in [0.15, 0.2) is 0 Å². The number of carboxylic acids is 1. The van der Waals surface area contributed by atoms with E-state index in [1.807, 2.05) is 0 Å². The predicted molar refractivity (Wildman–Crippen MR) is 66.4 cm³/mol. The first kappa shape index (κ1) is 14.8. The summed E-state index contributed by atoms with van der Waals surface area (Å²) in [5.74, 6) is -0.348. The van der Waals surface area contributed by atoms with Crippen molar-refractivity contribution in [3.63, 3.8) is 0 Å². The second-order valence-corrected chi connectivity index (χ2v) is 4.86. The van der Waals surface area contributed by atoms with E-state index in [-0.39, 0.29) is 18.4 Å². The van der Waals surface area contributed by atoms with Gasteiger partial charge in [0.05, 0.1) is 0 Å². The number of hydrogen-bond acceptors (Lipinski definition) is 3. The topological polar surface area (TPSA) is 87.7 Å². The van der Waals surface area contributed by atoms with Crippen LogP contribution in [0.2, 0.25) is 0 Å². The van der Waals surface area contributed by atoms with E-state index in [0.29, 0.717) is 19.0 Å². The smallest absolute Gasteiger partial charge is 0.314 e. The molecule has 0 aromatic rings. The summed E-state index contributed by atoms with van der Waals surface area (Å²) in [5, 5.41) is 14.0. The third-order valence-corrected chi connectivity index (χ3v) is 3.00. The number of aliphatic carboxylic acids is 1. The highest BCUT2D eigenvalue weighted by Crippen LogP contribution is 2.14. The Labute approximate surface area is 107 Å². The first-order valence-electron chi connectivity index (χ1n) is 6.39. The first-order chi connectivity index (χ1) is 8.58. The maximum atomic E-state index is 11.4. The average molecular weight is 258 g/mol. The molecule has 18 heavy (non-hydrogen) atoms. The van der Waals surface area contributed by atoms with Crippen LogP contribution in [0.5, 0.6) is 0 Å². The van der Waals surface area contributed by atoms with E-state index in [9.17, 15) is 9.59 Å². The summed E-state index contributed by atoms with van der Waals surface area (Å²) in [6.45, 7) is 4.42. The Balaban J connectivity index is 2.01. The molecular weight excluding hydrogens is 236 g/mol. The van der Waals surface area contributed by atoms with Crippen LogP contribution in [0.1, 0.15) is 26.2 Å². The van der Waals surface area contributed by atoms with Crippen molar-refractivity contribution in [2.45, 2.75) is 26.2 Å². The number of rotatable bonds is 7. The lowest BCUT2D eigenvalue weighted by Crippen LogP contribution is -2.39. The second kappa shape index (κ2) is 7.92. The molecule has 2 unspecified atom stereocenters. The van der Waals surface area contributed by atoms with Crippen LogP contribution >= 0.6 is 0 Å². The summed E-state index contributed by atoms with van der Waals surface area (Å²) in [5.41, 5.74) is 0. The van der Waals surface area contributed by atoms with E-state index in [0.717, 1.165) is 26.1 Å². The number of carboxylic acid groups (broad SMARTS) is 1. The van der Waals surface area contributed by atoms with Crippen LogP contribution in [0.3, 0.4) is 0 Å². The maximum absolute atomic E-state index is 11.4. The van der Waals surface area contributed by atoms with Gasteiger partial charge in [0.15, 0.2) is 0 Å². The van der Waals surface area contributed by atoms with Crippen molar-refractivity contribution >= 4 is 12.0 Å². The molecule has 1 fully saturated rings. The van der Waals surface area contributed by atoms with Gasteiger partial charge in [-0.2, -0.15) is 0 Å². The van der Waals surface area contributed by atoms with Crippen molar-refractivity contribution in [3.05, 3.63) is 0 Å². The van der Waals surface area contributed by atoms with Crippen LogP contribution in [0, 0.1) is 11.8 Å². The van der Waals surface area contributed by atoms with Crippen LogP contribution in [0.25, 0.3) is 0 Å². The number of carbonyl (C=O) groups excluding carboxylic acids is 1. The van der Waals surface area contributed by atoms with E-state index < -0.39 is 5.97 Å². The number of urea groups is 1. The lowest BCUT2D eigenvalue weighted by Gasteiger charge is -2.12. The Kier molecular flexibility index (Phi) is 6.49. The molecular formula is C12H22N2O4. The fraction of sp³-hybridized carbons (Fsp3) is 0.833. The standard InChI is InChI=1S/C12H22N2O4/c1-9(6-11(15)16)7-14-12(17)13-4-2-10-3-5-18-8-10/h9-10H,2-8H2,1H3,(H,15,16)(H2,13,14,17). The molecule has 0 saturated carbocycles. The lowest BCUT2D eigenvalue weighted by molar-refractivity contribution is -0.137. The van der Waals surface area contributed by atoms with E-state index in [4.69, 9.17) is 9.84 Å². The summed E-state index contributed by atoms with van der Waals surface area (Å²) in [6, 6.07) is -0.230. The van der Waals surface area contributed by atoms with Gasteiger partial charge in [-0.1, -0.05) is 6.92 Å². The third-order valence-electron chi connectivity index (χ3n) is 3.00. The van der Waals surface area contributed by atoms with Gasteiger partial charge in [0.2, 0.25) is 0 Å². The van der Waals surface area contributed by atoms with Gasteiger partial charge < -0.3 is 20.5 Å². The van der Waals surface area contributed by atoms with Crippen molar-refractivity contribution in [1.29, 1.82) is 0 Å². The van der Waals surface area contributed by atoms with Gasteiger partial charge in [0, 0.05) is 32.7 Å². The Morgan fingerprint density at radius 1 is 1.44 bits per heavy atom. The molecule has 0 aliphatic carbocycles. The summed E-state index contributed by atoms with van der Waals surface area (Å²) in [7, 11) is 0. The van der Waals surface area contributed by atoms with E-state index in [2.05, 4.69) is 10.6 Å². The number of hydrogen-bond donors (Lipinski definition) is 3. The highest BCUT2D eigenvalue weighted by atomic mass is 16.5. The van der Waals surface area contributed by atoms with Crippen molar-refractivity contribution in [1.82, 2.24) is 10.6 Å². The zero-order valence-electron chi connectivity index (χ0n) is 10.8.